The zero-order chi connectivity index (χ0) is 25.0. The predicted octanol–water partition coefficient (Wildman–Crippen LogP) is 4.69. The van der Waals surface area contributed by atoms with E-state index in [9.17, 15) is 9.59 Å². The number of aliphatic imine (C=N–C) groups is 1. The van der Waals surface area contributed by atoms with Gasteiger partial charge in [-0.1, -0.05) is 25.1 Å². The van der Waals surface area contributed by atoms with Gasteiger partial charge in [0.1, 0.15) is 17.4 Å². The van der Waals surface area contributed by atoms with Gasteiger partial charge in [-0.05, 0) is 43.4 Å². The number of nitrogens with zero attached hydrogens (tertiary/aromatic N) is 2. The second kappa shape index (κ2) is 13.8. The number of aryl methyl sites for hydroxylation is 1. The summed E-state index contributed by atoms with van der Waals surface area (Å²) >= 11 is 1.50. The minimum Gasteiger partial charge on any atom is -0.493 e. The SMILES string of the molecule is CCCOc1ccccc1CCC(=O)Nc1sc2c(c1C=NC)CCN(C(=O)OCCOCC)C2. The molecule has 0 saturated heterocycles. The van der Waals surface area contributed by atoms with Crippen molar-refractivity contribution in [3.63, 3.8) is 0 Å². The van der Waals surface area contributed by atoms with E-state index in [2.05, 4.69) is 17.2 Å². The highest BCUT2D eigenvalue weighted by Gasteiger charge is 2.27. The molecule has 8 nitrogen and oxygen atoms in total. The van der Waals surface area contributed by atoms with Crippen LogP contribution in [-0.4, -0.2) is 63.1 Å². The van der Waals surface area contributed by atoms with Crippen molar-refractivity contribution in [2.45, 2.75) is 46.1 Å². The van der Waals surface area contributed by atoms with Crippen molar-refractivity contribution in [1.82, 2.24) is 4.90 Å². The largest absolute Gasteiger partial charge is 0.493 e. The summed E-state index contributed by atoms with van der Waals surface area (Å²) < 4.78 is 16.4. The molecule has 2 heterocycles. The van der Waals surface area contributed by atoms with Gasteiger partial charge in [-0.15, -0.1) is 11.3 Å². The molecule has 0 bridgehead atoms. The number of anilines is 1. The number of amides is 2. The van der Waals surface area contributed by atoms with Gasteiger partial charge >= 0.3 is 6.09 Å². The number of hydrogen-bond donors (Lipinski definition) is 1. The highest BCUT2D eigenvalue weighted by atomic mass is 32.1. The van der Waals surface area contributed by atoms with Crippen LogP contribution in [0.4, 0.5) is 9.80 Å². The van der Waals surface area contributed by atoms with E-state index in [0.29, 0.717) is 52.2 Å². The van der Waals surface area contributed by atoms with Crippen molar-refractivity contribution >= 4 is 34.6 Å². The minimum atomic E-state index is -0.344. The first kappa shape index (κ1) is 26.7. The number of para-hydroxylation sites is 1. The number of rotatable bonds is 12. The molecule has 0 spiro atoms. The molecular formula is C26H35N3O5S. The molecule has 1 N–H and O–H groups in total. The van der Waals surface area contributed by atoms with Crippen LogP contribution in [0, 0.1) is 0 Å². The Morgan fingerprint density at radius 2 is 2.03 bits per heavy atom. The van der Waals surface area contributed by atoms with E-state index >= 15 is 0 Å². The lowest BCUT2D eigenvalue weighted by Crippen LogP contribution is -2.36. The predicted molar refractivity (Wildman–Crippen MR) is 139 cm³/mol. The van der Waals surface area contributed by atoms with E-state index in [1.807, 2.05) is 31.2 Å². The Morgan fingerprint density at radius 3 is 2.80 bits per heavy atom. The molecule has 190 valence electrons. The van der Waals surface area contributed by atoms with Crippen LogP contribution in [0.3, 0.4) is 0 Å². The summed E-state index contributed by atoms with van der Waals surface area (Å²) in [5.41, 5.74) is 3.08. The second-order valence-electron chi connectivity index (χ2n) is 8.12. The molecule has 9 heteroatoms. The van der Waals surface area contributed by atoms with Crippen LogP contribution in [-0.2, 0) is 33.7 Å². The fraction of sp³-hybridized carbons (Fsp3) is 0.500. The molecule has 1 aliphatic heterocycles. The fourth-order valence-corrected chi connectivity index (χ4v) is 5.12. The Kier molecular flexibility index (Phi) is 10.6. The zero-order valence-electron chi connectivity index (χ0n) is 20.8. The third kappa shape index (κ3) is 7.53. The van der Waals surface area contributed by atoms with E-state index in [1.54, 1.807) is 18.2 Å². The number of hydrogen-bond acceptors (Lipinski definition) is 7. The number of fused-ring (bicyclic) bond motifs is 1. The highest BCUT2D eigenvalue weighted by molar-refractivity contribution is 7.16. The minimum absolute atomic E-state index is 0.0631. The molecule has 0 fully saturated rings. The van der Waals surface area contributed by atoms with Crippen molar-refractivity contribution in [3.8, 4) is 5.75 Å². The van der Waals surface area contributed by atoms with Crippen LogP contribution in [0.25, 0.3) is 0 Å². The van der Waals surface area contributed by atoms with Crippen LogP contribution in [0.1, 0.15) is 48.3 Å². The van der Waals surface area contributed by atoms with E-state index < -0.39 is 0 Å². The number of thiophene rings is 1. The van der Waals surface area contributed by atoms with Gasteiger partial charge in [0.05, 0.1) is 19.8 Å². The maximum Gasteiger partial charge on any atom is 0.410 e. The van der Waals surface area contributed by atoms with Crippen molar-refractivity contribution in [2.24, 2.45) is 4.99 Å². The molecule has 3 rings (SSSR count). The topological polar surface area (TPSA) is 89.5 Å². The number of ether oxygens (including phenoxy) is 3. The van der Waals surface area contributed by atoms with Gasteiger partial charge in [-0.25, -0.2) is 4.79 Å². The maximum atomic E-state index is 12.8. The molecule has 1 aromatic heterocycles. The summed E-state index contributed by atoms with van der Waals surface area (Å²) in [6, 6.07) is 7.85. The molecule has 0 aliphatic carbocycles. The average Bonchev–Trinajstić information content (AvgIpc) is 3.20. The summed E-state index contributed by atoms with van der Waals surface area (Å²) in [6.07, 6.45) is 4.00. The molecule has 2 aromatic rings. The van der Waals surface area contributed by atoms with Gasteiger partial charge in [0.15, 0.2) is 0 Å². The van der Waals surface area contributed by atoms with Crippen LogP contribution < -0.4 is 10.1 Å². The quantitative estimate of drug-likeness (QED) is 0.337. The fourth-order valence-electron chi connectivity index (χ4n) is 3.87. The number of benzene rings is 1. The first-order valence-corrected chi connectivity index (χ1v) is 13.0. The van der Waals surface area contributed by atoms with Gasteiger partial charge < -0.3 is 24.4 Å². The second-order valence-corrected chi connectivity index (χ2v) is 9.23. The van der Waals surface area contributed by atoms with Gasteiger partial charge in [0, 0.05) is 43.3 Å². The first-order valence-electron chi connectivity index (χ1n) is 12.1. The Balaban J connectivity index is 1.63. The van der Waals surface area contributed by atoms with Crippen molar-refractivity contribution < 1.29 is 23.8 Å². The van der Waals surface area contributed by atoms with Crippen LogP contribution in [0.2, 0.25) is 0 Å². The molecule has 1 aromatic carbocycles. The number of nitrogens with one attached hydrogen (secondary N) is 1. The average molecular weight is 502 g/mol. The van der Waals surface area contributed by atoms with Gasteiger partial charge in [0.25, 0.3) is 0 Å². The molecule has 35 heavy (non-hydrogen) atoms. The smallest absolute Gasteiger partial charge is 0.410 e. The molecular weight excluding hydrogens is 466 g/mol. The van der Waals surface area contributed by atoms with Gasteiger partial charge in [-0.2, -0.15) is 0 Å². The lowest BCUT2D eigenvalue weighted by atomic mass is 10.0. The van der Waals surface area contributed by atoms with E-state index in [4.69, 9.17) is 14.2 Å². The Morgan fingerprint density at radius 1 is 1.20 bits per heavy atom. The lowest BCUT2D eigenvalue weighted by molar-refractivity contribution is -0.116. The van der Waals surface area contributed by atoms with Crippen molar-refractivity contribution in [2.75, 3.05) is 45.3 Å². The van der Waals surface area contributed by atoms with E-state index in [1.165, 1.54) is 11.3 Å². The van der Waals surface area contributed by atoms with Crippen LogP contribution in [0.15, 0.2) is 29.3 Å². The summed E-state index contributed by atoms with van der Waals surface area (Å²) in [7, 11) is 1.72. The van der Waals surface area contributed by atoms with Crippen LogP contribution in [0.5, 0.6) is 5.75 Å². The maximum absolute atomic E-state index is 12.8. The van der Waals surface area contributed by atoms with Gasteiger partial charge in [-0.3, -0.25) is 9.79 Å². The third-order valence-corrected chi connectivity index (χ3v) is 6.73. The summed E-state index contributed by atoms with van der Waals surface area (Å²) in [4.78, 5) is 32.2. The van der Waals surface area contributed by atoms with Crippen LogP contribution >= 0.6 is 11.3 Å². The summed E-state index contributed by atoms with van der Waals surface area (Å²) in [6.45, 7) is 6.86. The number of carbonyl (C=O) groups excluding carboxylic acids is 2. The zero-order valence-corrected chi connectivity index (χ0v) is 21.6. The molecule has 1 aliphatic rings. The molecule has 0 radical (unpaired) electrons. The summed E-state index contributed by atoms with van der Waals surface area (Å²) in [5, 5.41) is 3.85. The highest BCUT2D eigenvalue weighted by Crippen LogP contribution is 2.36. The Labute approximate surface area is 211 Å². The molecule has 0 saturated carbocycles. The third-order valence-electron chi connectivity index (χ3n) is 5.58. The molecule has 0 unspecified atom stereocenters. The van der Waals surface area contributed by atoms with Gasteiger partial charge in [0.2, 0.25) is 5.91 Å². The molecule has 2 amide bonds. The van der Waals surface area contributed by atoms with Crippen molar-refractivity contribution in [1.29, 1.82) is 0 Å². The monoisotopic (exact) mass is 501 g/mol. The summed E-state index contributed by atoms with van der Waals surface area (Å²) in [5.74, 6) is 0.771. The number of carbonyl (C=O) groups is 2. The van der Waals surface area contributed by atoms with Crippen molar-refractivity contribution in [3.05, 3.63) is 45.8 Å². The standard InChI is InChI=1S/C26H35N3O5S/c1-4-14-33-22-9-7-6-8-19(22)10-11-24(30)28-25-21(17-27-3)20-12-13-29(18-23(20)35-25)26(31)34-16-15-32-5-2/h6-9,17H,4-5,10-16,18H2,1-3H3,(H,28,30). The normalized spacial score (nSPS) is 13.1. The first-order chi connectivity index (χ1) is 17.1. The lowest BCUT2D eigenvalue weighted by Gasteiger charge is -2.26. The Bertz CT molecular complexity index is 1020. The van der Waals surface area contributed by atoms with E-state index in [0.717, 1.165) is 38.7 Å². The van der Waals surface area contributed by atoms with E-state index in [-0.39, 0.29) is 18.6 Å². The Hall–Kier alpha value is -2.91. The molecule has 0 atom stereocenters.